The van der Waals surface area contributed by atoms with Crippen LogP contribution >= 0.6 is 23.2 Å². The average molecular weight is 589 g/mol. The molecule has 3 aliphatic rings. The molecule has 0 atom stereocenters. The first-order valence-corrected chi connectivity index (χ1v) is 14.4. The van der Waals surface area contributed by atoms with Gasteiger partial charge >= 0.3 is 5.97 Å². The molecule has 1 N–H and O–H groups in total. The van der Waals surface area contributed by atoms with E-state index >= 15 is 0 Å². The smallest absolute Gasteiger partial charge is 0.337 e. The quantitative estimate of drug-likeness (QED) is 0.257. The molecular formula is C34H33Cl2N2O3+. The second-order valence-electron chi connectivity index (χ2n) is 12.4. The maximum atomic E-state index is 12.6. The standard InChI is InChI=1S/C34H32Cl2N2O3/c1-17-15-33(3,4)37(7)25-13-27-21(11-19(17)25)29(30-23(35)9-10-24(36)31(30)32(39)40)22-12-20-18(2)16-34(5,6)38(8)26(20)14-28(22)41-27/h9-16H,1-8H3/p+1. The molecule has 6 rings (SSSR count). The lowest BCUT2D eigenvalue weighted by molar-refractivity contribution is 0.0696. The van der Waals surface area contributed by atoms with Gasteiger partial charge in [0, 0.05) is 70.7 Å². The highest BCUT2D eigenvalue weighted by molar-refractivity contribution is 6.37. The molecule has 3 aromatic carbocycles. The maximum Gasteiger partial charge on any atom is 0.337 e. The molecule has 41 heavy (non-hydrogen) atoms. The fraction of sp³-hybridized carbons (Fsp3) is 0.294. The van der Waals surface area contributed by atoms with Crippen LogP contribution in [0, 0.1) is 0 Å². The van der Waals surface area contributed by atoms with Crippen molar-refractivity contribution in [2.75, 3.05) is 19.0 Å². The number of anilines is 1. The first kappa shape index (κ1) is 27.6. The largest absolute Gasteiger partial charge is 0.478 e. The van der Waals surface area contributed by atoms with E-state index in [-0.39, 0.29) is 21.7 Å². The second kappa shape index (κ2) is 8.98. The molecule has 5 nitrogen and oxygen atoms in total. The highest BCUT2D eigenvalue weighted by atomic mass is 35.5. The van der Waals surface area contributed by atoms with Crippen LogP contribution in [0.3, 0.4) is 0 Å². The number of fused-ring (bicyclic) bond motifs is 4. The fourth-order valence-corrected chi connectivity index (χ4v) is 6.94. The lowest BCUT2D eigenvalue weighted by atomic mass is 9.83. The van der Waals surface area contributed by atoms with Gasteiger partial charge in [0.15, 0.2) is 5.54 Å². The van der Waals surface area contributed by atoms with Gasteiger partial charge in [0.05, 0.1) is 22.2 Å². The zero-order valence-electron chi connectivity index (χ0n) is 24.5. The third-order valence-corrected chi connectivity index (χ3v) is 9.59. The number of hydrogen-bond acceptors (Lipinski definition) is 3. The van der Waals surface area contributed by atoms with E-state index in [0.29, 0.717) is 27.7 Å². The van der Waals surface area contributed by atoms with Crippen molar-refractivity contribution in [2.24, 2.45) is 0 Å². The molecule has 3 aliphatic heterocycles. The molecule has 3 aromatic rings. The highest BCUT2D eigenvalue weighted by Crippen LogP contribution is 2.47. The Kier molecular flexibility index (Phi) is 6.05. The van der Waals surface area contributed by atoms with E-state index in [1.807, 2.05) is 0 Å². The van der Waals surface area contributed by atoms with Crippen LogP contribution in [0.15, 0.2) is 48.6 Å². The Morgan fingerprint density at radius 1 is 0.902 bits per heavy atom. The number of ether oxygens (including phenoxy) is 1. The summed E-state index contributed by atoms with van der Waals surface area (Å²) in [7, 11) is 4.16. The van der Waals surface area contributed by atoms with Gasteiger partial charge in [0.2, 0.25) is 5.36 Å². The SMILES string of the molecule is CC1=CC(C)(C)N(C)c2cc3c(cc21)C(c1c(Cl)ccc(Cl)c1C(=O)O)=c1cc2c(cc1O3)=[N+](C)C(C)(C)C=C2C. The molecule has 0 fully saturated rings. The second-order valence-corrected chi connectivity index (χ2v) is 13.2. The van der Waals surface area contributed by atoms with Gasteiger partial charge in [-0.15, -0.1) is 0 Å². The number of allylic oxidation sites excluding steroid dienone is 2. The highest BCUT2D eigenvalue weighted by Gasteiger charge is 2.35. The molecule has 0 unspecified atom stereocenters. The van der Waals surface area contributed by atoms with Crippen LogP contribution in [0.1, 0.15) is 74.2 Å². The fourth-order valence-electron chi connectivity index (χ4n) is 6.45. The van der Waals surface area contributed by atoms with Crippen LogP contribution in [0.5, 0.6) is 11.5 Å². The molecule has 0 radical (unpaired) electrons. The number of carbonyl (C=O) groups is 1. The van der Waals surface area contributed by atoms with Gasteiger partial charge in [-0.1, -0.05) is 29.3 Å². The molecule has 210 valence electrons. The number of halogens is 2. The van der Waals surface area contributed by atoms with Gasteiger partial charge in [0.1, 0.15) is 18.5 Å². The number of nitrogens with zero attached hydrogens (tertiary/aromatic N) is 2. The monoisotopic (exact) mass is 587 g/mol. The zero-order chi connectivity index (χ0) is 29.8. The number of aromatic carboxylic acids is 1. The first-order chi connectivity index (χ1) is 19.1. The third kappa shape index (κ3) is 4.04. The van der Waals surface area contributed by atoms with E-state index in [2.05, 4.69) is 102 Å². The molecule has 0 saturated heterocycles. The van der Waals surface area contributed by atoms with Crippen molar-refractivity contribution in [3.8, 4) is 11.5 Å². The van der Waals surface area contributed by atoms with Crippen LogP contribution in [0.2, 0.25) is 10.0 Å². The van der Waals surface area contributed by atoms with Crippen molar-refractivity contribution in [3.63, 3.8) is 0 Å². The van der Waals surface area contributed by atoms with Crippen LogP contribution in [0.4, 0.5) is 5.69 Å². The predicted molar refractivity (Wildman–Crippen MR) is 168 cm³/mol. The summed E-state index contributed by atoms with van der Waals surface area (Å²) in [5, 5.41) is 12.6. The summed E-state index contributed by atoms with van der Waals surface area (Å²) >= 11 is 13.4. The molecule has 0 saturated carbocycles. The molecule has 0 bridgehead atoms. The summed E-state index contributed by atoms with van der Waals surface area (Å²) in [6.45, 7) is 12.9. The Morgan fingerprint density at radius 3 is 2.24 bits per heavy atom. The van der Waals surface area contributed by atoms with Crippen molar-refractivity contribution in [3.05, 3.63) is 97.0 Å². The normalized spacial score (nSPS) is 18.0. The summed E-state index contributed by atoms with van der Waals surface area (Å²) in [5.74, 6) is 0.141. The summed E-state index contributed by atoms with van der Waals surface area (Å²) in [4.78, 5) is 14.9. The molecule has 0 aliphatic carbocycles. The van der Waals surface area contributed by atoms with Gasteiger partial charge in [0.25, 0.3) is 0 Å². The lowest BCUT2D eigenvalue weighted by Gasteiger charge is -2.41. The molecule has 0 amide bonds. The van der Waals surface area contributed by atoms with Gasteiger partial charge < -0.3 is 14.7 Å². The number of likely N-dealkylation sites (N-methyl/N-ethyl adjacent to an activating group) is 2. The number of carboxylic acids is 1. The van der Waals surface area contributed by atoms with Gasteiger partial charge in [-0.2, -0.15) is 0 Å². The van der Waals surface area contributed by atoms with E-state index in [1.165, 1.54) is 6.07 Å². The Bertz CT molecular complexity index is 1910. The van der Waals surface area contributed by atoms with E-state index in [0.717, 1.165) is 44.1 Å². The number of hydrogen-bond donors (Lipinski definition) is 1. The summed E-state index contributed by atoms with van der Waals surface area (Å²) in [6, 6.07) is 11.5. The first-order valence-electron chi connectivity index (χ1n) is 13.6. The van der Waals surface area contributed by atoms with Crippen LogP contribution in [-0.4, -0.2) is 36.2 Å². The van der Waals surface area contributed by atoms with Crippen LogP contribution in [0.25, 0.3) is 16.7 Å². The van der Waals surface area contributed by atoms with Gasteiger partial charge in [-0.05, 0) is 69.2 Å². The summed E-state index contributed by atoms with van der Waals surface area (Å²) in [6.07, 6.45) is 4.49. The molecule has 0 spiro atoms. The minimum Gasteiger partial charge on any atom is -0.478 e. The zero-order valence-corrected chi connectivity index (χ0v) is 26.0. The summed E-state index contributed by atoms with van der Waals surface area (Å²) < 4.78 is 8.94. The number of rotatable bonds is 2. The Labute approximate surface area is 250 Å². The topological polar surface area (TPSA) is 52.8 Å². The van der Waals surface area contributed by atoms with Crippen molar-refractivity contribution in [1.29, 1.82) is 0 Å². The Balaban J connectivity index is 1.81. The molecular weight excluding hydrogens is 555 g/mol. The van der Waals surface area contributed by atoms with E-state index in [4.69, 9.17) is 27.9 Å². The van der Waals surface area contributed by atoms with Crippen LogP contribution in [-0.2, 0) is 0 Å². The minimum absolute atomic E-state index is 0.0283. The van der Waals surface area contributed by atoms with Crippen molar-refractivity contribution >= 4 is 51.6 Å². The van der Waals surface area contributed by atoms with Crippen LogP contribution < -0.4 is 24.8 Å². The Hall–Kier alpha value is -3.54. The minimum atomic E-state index is -1.14. The third-order valence-electron chi connectivity index (χ3n) is 8.96. The molecule has 0 aromatic heterocycles. The van der Waals surface area contributed by atoms with E-state index < -0.39 is 5.97 Å². The number of carboxylic acid groups (broad SMARTS) is 1. The van der Waals surface area contributed by atoms with E-state index in [1.54, 1.807) is 6.07 Å². The van der Waals surface area contributed by atoms with E-state index in [9.17, 15) is 9.90 Å². The lowest BCUT2D eigenvalue weighted by Crippen LogP contribution is -2.47. The van der Waals surface area contributed by atoms with Gasteiger partial charge in [-0.25, -0.2) is 9.37 Å². The van der Waals surface area contributed by atoms with Crippen molar-refractivity contribution in [2.45, 2.75) is 52.6 Å². The van der Waals surface area contributed by atoms with Gasteiger partial charge in [-0.3, -0.25) is 0 Å². The van der Waals surface area contributed by atoms with Crippen molar-refractivity contribution in [1.82, 2.24) is 4.58 Å². The Morgan fingerprint density at radius 2 is 1.56 bits per heavy atom. The average Bonchev–Trinajstić information content (AvgIpc) is 2.88. The number of benzene rings is 3. The predicted octanol–water partition coefficient (Wildman–Crippen LogP) is 6.99. The molecule has 7 heteroatoms. The summed E-state index contributed by atoms with van der Waals surface area (Å²) in [5.41, 5.74) is 6.88. The van der Waals surface area contributed by atoms with Crippen molar-refractivity contribution < 1.29 is 14.6 Å². The maximum absolute atomic E-state index is 12.6. The molecule has 3 heterocycles.